The van der Waals surface area contributed by atoms with Crippen molar-refractivity contribution in [3.63, 3.8) is 0 Å². The number of hydrogen-bond acceptors (Lipinski definition) is 1. The second-order valence-electron chi connectivity index (χ2n) is 1.79. The molecule has 1 rings (SSSR count). The minimum absolute atomic E-state index is 0.458. The number of pyridine rings is 1. The maximum atomic E-state index is 10.6. The van der Waals surface area contributed by atoms with E-state index in [0.29, 0.717) is 0 Å². The van der Waals surface area contributed by atoms with Crippen LogP contribution in [0.3, 0.4) is 0 Å². The van der Waals surface area contributed by atoms with Crippen LogP contribution in [-0.2, 0) is 12.2 Å². The lowest BCUT2D eigenvalue weighted by atomic mass is 10.4. The number of aryl methyl sites for hydroxylation is 1. The first-order valence-electron chi connectivity index (χ1n) is 2.54. The second kappa shape index (κ2) is 1.93. The summed E-state index contributed by atoms with van der Waals surface area (Å²) in [4.78, 5) is 10.6. The molecule has 0 bridgehead atoms. The maximum absolute atomic E-state index is 10.6. The van der Waals surface area contributed by atoms with Crippen LogP contribution in [-0.4, -0.2) is 4.57 Å². The molecule has 1 aromatic rings. The van der Waals surface area contributed by atoms with Gasteiger partial charge in [-0.1, -0.05) is 0 Å². The topological polar surface area (TPSA) is 41.9 Å². The van der Waals surface area contributed by atoms with Crippen LogP contribution in [0.15, 0.2) is 23.1 Å². The highest BCUT2D eigenvalue weighted by molar-refractivity contribution is 5.13. The van der Waals surface area contributed by atoms with Crippen molar-refractivity contribution in [2.24, 2.45) is 7.05 Å². The van der Waals surface area contributed by atoms with Gasteiger partial charge >= 0.3 is 0 Å². The fourth-order valence-electron chi connectivity index (χ4n) is 0.572. The first-order valence-corrected chi connectivity index (χ1v) is 2.54. The van der Waals surface area contributed by atoms with Crippen molar-refractivity contribution in [2.75, 3.05) is 0 Å². The van der Waals surface area contributed by atoms with Crippen LogP contribution in [0.5, 0.6) is 5.75 Å². The summed E-state index contributed by atoms with van der Waals surface area (Å²) >= 11 is 0. The van der Waals surface area contributed by atoms with Crippen molar-refractivity contribution in [1.29, 1.82) is 0 Å². The SMILES string of the molecule is Cn1cccc([O])c1=O. The molecule has 0 spiro atoms. The molecule has 0 aromatic carbocycles. The molecule has 0 aliphatic heterocycles. The second-order valence-corrected chi connectivity index (χ2v) is 1.79. The van der Waals surface area contributed by atoms with Gasteiger partial charge in [-0.3, -0.25) is 9.90 Å². The third kappa shape index (κ3) is 0.937. The lowest BCUT2D eigenvalue weighted by Gasteiger charge is -1.91. The van der Waals surface area contributed by atoms with Gasteiger partial charge in [0, 0.05) is 13.2 Å². The van der Waals surface area contributed by atoms with Crippen LogP contribution in [0.4, 0.5) is 0 Å². The van der Waals surface area contributed by atoms with Crippen molar-refractivity contribution in [3.05, 3.63) is 28.7 Å². The summed E-state index contributed by atoms with van der Waals surface area (Å²) in [5, 5.41) is 10.5. The summed E-state index contributed by atoms with van der Waals surface area (Å²) in [5.74, 6) is -0.458. The highest BCUT2D eigenvalue weighted by atomic mass is 16.3. The van der Waals surface area contributed by atoms with E-state index in [9.17, 15) is 9.90 Å². The average Bonchev–Trinajstić information content (AvgIpc) is 1.83. The van der Waals surface area contributed by atoms with E-state index in [1.54, 1.807) is 19.3 Å². The van der Waals surface area contributed by atoms with Crippen LogP contribution in [0.25, 0.3) is 0 Å². The zero-order valence-corrected chi connectivity index (χ0v) is 5.00. The molecular weight excluding hydrogens is 118 g/mol. The zero-order chi connectivity index (χ0) is 6.85. The van der Waals surface area contributed by atoms with E-state index < -0.39 is 11.3 Å². The Morgan fingerprint density at radius 2 is 2.22 bits per heavy atom. The lowest BCUT2D eigenvalue weighted by molar-refractivity contribution is 0.345. The monoisotopic (exact) mass is 124 g/mol. The maximum Gasteiger partial charge on any atom is 0.297 e. The molecule has 3 heteroatoms. The third-order valence-corrected chi connectivity index (χ3v) is 1.09. The molecule has 0 atom stereocenters. The van der Waals surface area contributed by atoms with Gasteiger partial charge in [-0.25, -0.2) is 0 Å². The lowest BCUT2D eigenvalue weighted by Crippen LogP contribution is -2.13. The number of rotatable bonds is 0. The normalized spacial score (nSPS) is 9.44. The van der Waals surface area contributed by atoms with Crippen molar-refractivity contribution in [1.82, 2.24) is 4.57 Å². The summed E-state index contributed by atoms with van der Waals surface area (Å²) in [5.41, 5.74) is -0.475. The predicted octanol–water partition coefficient (Wildman–Crippen LogP) is 0.529. The molecule has 1 radical (unpaired) electrons. The zero-order valence-electron chi connectivity index (χ0n) is 5.00. The van der Waals surface area contributed by atoms with E-state index in [1.807, 2.05) is 0 Å². The van der Waals surface area contributed by atoms with Crippen LogP contribution in [0.2, 0.25) is 0 Å². The van der Waals surface area contributed by atoms with E-state index in [4.69, 9.17) is 0 Å². The van der Waals surface area contributed by atoms with Crippen LogP contribution >= 0.6 is 0 Å². The Kier molecular flexibility index (Phi) is 1.26. The quantitative estimate of drug-likeness (QED) is 0.497. The van der Waals surface area contributed by atoms with Crippen molar-refractivity contribution < 1.29 is 5.11 Å². The largest absolute Gasteiger partial charge is 0.315 e. The molecule has 9 heavy (non-hydrogen) atoms. The third-order valence-electron chi connectivity index (χ3n) is 1.09. The Morgan fingerprint density at radius 1 is 1.56 bits per heavy atom. The Morgan fingerprint density at radius 3 is 2.67 bits per heavy atom. The summed E-state index contributed by atoms with van der Waals surface area (Å²) < 4.78 is 1.25. The number of hydrogen-bond donors (Lipinski definition) is 0. The first kappa shape index (κ1) is 5.88. The molecular formula is C6H6NO2. The molecule has 0 amide bonds. The van der Waals surface area contributed by atoms with Gasteiger partial charge in [0.2, 0.25) is 5.75 Å². The molecule has 0 unspecified atom stereocenters. The molecule has 3 nitrogen and oxygen atoms in total. The Bertz CT molecular complexity index is 241. The van der Waals surface area contributed by atoms with Gasteiger partial charge in [-0.05, 0) is 12.1 Å². The predicted molar refractivity (Wildman–Crippen MR) is 31.8 cm³/mol. The summed E-state index contributed by atoms with van der Waals surface area (Å²) in [6, 6.07) is 2.80. The van der Waals surface area contributed by atoms with Gasteiger partial charge in [0.15, 0.2) is 0 Å². The molecule has 0 fully saturated rings. The standard InChI is InChI=1S/C6H6NO2/c1-7-4-2-3-5(8)6(7)9/h2-4H,1H3. The Balaban J connectivity index is 3.43. The summed E-state index contributed by atoms with van der Waals surface area (Å²) in [6.45, 7) is 0. The molecule has 0 N–H and O–H groups in total. The molecule has 0 aliphatic carbocycles. The van der Waals surface area contributed by atoms with Crippen LogP contribution in [0.1, 0.15) is 0 Å². The average molecular weight is 124 g/mol. The molecule has 1 aromatic heterocycles. The van der Waals surface area contributed by atoms with E-state index in [0.717, 1.165) is 0 Å². The minimum atomic E-state index is -0.475. The van der Waals surface area contributed by atoms with Gasteiger partial charge in [-0.15, -0.1) is 0 Å². The van der Waals surface area contributed by atoms with Gasteiger partial charge in [0.05, 0.1) is 0 Å². The van der Waals surface area contributed by atoms with Crippen molar-refractivity contribution in [3.8, 4) is 5.75 Å². The van der Waals surface area contributed by atoms with Crippen LogP contribution in [0, 0.1) is 0 Å². The summed E-state index contributed by atoms with van der Waals surface area (Å²) in [6.07, 6.45) is 1.55. The highest BCUT2D eigenvalue weighted by Crippen LogP contribution is 1.96. The van der Waals surface area contributed by atoms with Gasteiger partial charge < -0.3 is 4.57 Å². The Labute approximate surface area is 52.2 Å². The Hall–Kier alpha value is -1.25. The van der Waals surface area contributed by atoms with E-state index in [-0.39, 0.29) is 0 Å². The molecule has 0 aliphatic rings. The molecule has 0 saturated heterocycles. The molecule has 47 valence electrons. The number of aromatic nitrogens is 1. The fourth-order valence-corrected chi connectivity index (χ4v) is 0.572. The van der Waals surface area contributed by atoms with Crippen molar-refractivity contribution >= 4 is 0 Å². The number of nitrogens with zero attached hydrogens (tertiary/aromatic N) is 1. The first-order chi connectivity index (χ1) is 4.22. The van der Waals surface area contributed by atoms with Crippen LogP contribution < -0.4 is 5.56 Å². The van der Waals surface area contributed by atoms with Gasteiger partial charge in [0.25, 0.3) is 5.56 Å². The molecule has 1 heterocycles. The van der Waals surface area contributed by atoms with E-state index in [1.165, 1.54) is 10.6 Å². The molecule has 0 saturated carbocycles. The smallest absolute Gasteiger partial charge is 0.297 e. The van der Waals surface area contributed by atoms with E-state index >= 15 is 0 Å². The van der Waals surface area contributed by atoms with Gasteiger partial charge in [-0.2, -0.15) is 0 Å². The highest BCUT2D eigenvalue weighted by Gasteiger charge is 1.96. The summed E-state index contributed by atoms with van der Waals surface area (Å²) in [7, 11) is 1.55. The minimum Gasteiger partial charge on any atom is -0.315 e. The van der Waals surface area contributed by atoms with E-state index in [2.05, 4.69) is 0 Å². The van der Waals surface area contributed by atoms with Gasteiger partial charge in [0.1, 0.15) is 0 Å². The van der Waals surface area contributed by atoms with Crippen molar-refractivity contribution in [2.45, 2.75) is 0 Å². The fraction of sp³-hybridized carbons (Fsp3) is 0.167.